The lowest BCUT2D eigenvalue weighted by Crippen LogP contribution is -2.36. The van der Waals surface area contributed by atoms with Crippen molar-refractivity contribution >= 4 is 23.4 Å². The first-order valence-electron chi connectivity index (χ1n) is 10.0. The average molecular weight is 403 g/mol. The Bertz CT molecular complexity index is 1000. The summed E-state index contributed by atoms with van der Waals surface area (Å²) in [5.74, 6) is 1.02. The van der Waals surface area contributed by atoms with E-state index in [-0.39, 0.29) is 11.9 Å². The molecule has 0 aromatic heterocycles. The molecule has 0 radical (unpaired) electrons. The smallest absolute Gasteiger partial charge is 0.246 e. The molecule has 2 atom stereocenters. The Kier molecular flexibility index (Phi) is 6.02. The van der Waals surface area contributed by atoms with Crippen LogP contribution in [0.3, 0.4) is 0 Å². The second kappa shape index (κ2) is 8.85. The summed E-state index contributed by atoms with van der Waals surface area (Å²) in [5, 5.41) is 6.81. The van der Waals surface area contributed by atoms with Gasteiger partial charge in [0.25, 0.3) is 0 Å². The quantitative estimate of drug-likeness (QED) is 0.566. The molecule has 148 valence electrons. The zero-order chi connectivity index (χ0) is 20.2. The first-order chi connectivity index (χ1) is 14.1. The van der Waals surface area contributed by atoms with E-state index in [1.54, 1.807) is 0 Å². The van der Waals surface area contributed by atoms with Crippen LogP contribution in [0.25, 0.3) is 0 Å². The van der Waals surface area contributed by atoms with Crippen LogP contribution in [0, 0.1) is 13.8 Å². The topological polar surface area (TPSA) is 41.1 Å². The highest BCUT2D eigenvalue weighted by Gasteiger charge is 2.28. The number of amides is 1. The monoisotopic (exact) mass is 402 g/mol. The highest BCUT2D eigenvalue weighted by Crippen LogP contribution is 2.37. The lowest BCUT2D eigenvalue weighted by molar-refractivity contribution is -0.118. The number of anilines is 1. The van der Waals surface area contributed by atoms with E-state index in [0.717, 1.165) is 34.6 Å². The third kappa shape index (κ3) is 4.55. The van der Waals surface area contributed by atoms with Gasteiger partial charge in [-0.05, 0) is 60.4 Å². The molecule has 4 rings (SSSR count). The van der Waals surface area contributed by atoms with E-state index in [1.807, 2.05) is 68.1 Å². The van der Waals surface area contributed by atoms with Crippen molar-refractivity contribution in [1.29, 1.82) is 0 Å². The lowest BCUT2D eigenvalue weighted by Gasteiger charge is -2.30. The summed E-state index contributed by atoms with van der Waals surface area (Å²) in [6, 6.07) is 24.4. The van der Waals surface area contributed by atoms with E-state index in [9.17, 15) is 4.79 Å². The van der Waals surface area contributed by atoms with Gasteiger partial charge in [-0.15, -0.1) is 11.8 Å². The molecule has 0 bridgehead atoms. The van der Waals surface area contributed by atoms with Gasteiger partial charge in [-0.1, -0.05) is 60.7 Å². The van der Waals surface area contributed by atoms with Crippen molar-refractivity contribution in [2.45, 2.75) is 37.2 Å². The highest BCUT2D eigenvalue weighted by atomic mass is 32.2. The van der Waals surface area contributed by atoms with Crippen LogP contribution in [0.5, 0.6) is 0 Å². The van der Waals surface area contributed by atoms with Crippen LogP contribution in [0.1, 0.15) is 40.8 Å². The first kappa shape index (κ1) is 19.7. The fourth-order valence-electron chi connectivity index (χ4n) is 3.76. The van der Waals surface area contributed by atoms with Crippen LogP contribution in [-0.2, 0) is 4.79 Å². The van der Waals surface area contributed by atoms with Crippen LogP contribution in [-0.4, -0.2) is 11.7 Å². The van der Waals surface area contributed by atoms with Crippen molar-refractivity contribution in [3.8, 4) is 0 Å². The van der Waals surface area contributed by atoms with Crippen LogP contribution in [0.15, 0.2) is 77.7 Å². The van der Waals surface area contributed by atoms with Gasteiger partial charge in [0, 0.05) is 16.6 Å². The Labute approximate surface area is 176 Å². The third-order valence-electron chi connectivity index (χ3n) is 5.37. The molecule has 1 aliphatic rings. The summed E-state index contributed by atoms with van der Waals surface area (Å²) in [5.41, 5.74) is 5.33. The second-order valence-electron chi connectivity index (χ2n) is 7.55. The Morgan fingerprint density at radius 1 is 1.00 bits per heavy atom. The number of hydrogen-bond donors (Lipinski definition) is 2. The standard InChI is InChI=1S/C25H26N2OS/c1-17-12-13-18(2)22(16-17)27-25(28)24(19-8-4-3-5-9-19)26-21-14-15-29-23-11-7-6-10-20(21)23/h3-13,16,21,24,26H,14-15H2,1-2H3,(H,27,28)/t21-,24-/m1/s1. The maximum absolute atomic E-state index is 13.4. The van der Waals surface area contributed by atoms with E-state index in [1.165, 1.54) is 10.5 Å². The van der Waals surface area contributed by atoms with Crippen molar-refractivity contribution in [2.75, 3.05) is 11.1 Å². The summed E-state index contributed by atoms with van der Waals surface area (Å²) in [7, 11) is 0. The van der Waals surface area contributed by atoms with E-state index in [2.05, 4.69) is 41.0 Å². The Morgan fingerprint density at radius 2 is 1.76 bits per heavy atom. The van der Waals surface area contributed by atoms with Gasteiger partial charge in [0.05, 0.1) is 0 Å². The largest absolute Gasteiger partial charge is 0.324 e. The van der Waals surface area contributed by atoms with E-state index in [4.69, 9.17) is 0 Å². The average Bonchev–Trinajstić information content (AvgIpc) is 2.75. The summed E-state index contributed by atoms with van der Waals surface area (Å²) >= 11 is 1.89. The number of benzene rings is 3. The molecule has 1 heterocycles. The molecule has 3 aromatic rings. The molecule has 4 heteroatoms. The minimum atomic E-state index is -0.419. The van der Waals surface area contributed by atoms with Gasteiger partial charge in [-0.25, -0.2) is 0 Å². The first-order valence-corrected chi connectivity index (χ1v) is 11.0. The van der Waals surface area contributed by atoms with Crippen molar-refractivity contribution in [3.05, 3.63) is 95.1 Å². The summed E-state index contributed by atoms with van der Waals surface area (Å²) in [4.78, 5) is 14.7. The molecule has 1 amide bonds. The third-order valence-corrected chi connectivity index (χ3v) is 6.50. The molecule has 3 aromatic carbocycles. The SMILES string of the molecule is Cc1ccc(C)c(NC(=O)[C@H](N[C@@H]2CCSc3ccccc32)c2ccccc2)c1. The summed E-state index contributed by atoms with van der Waals surface area (Å²) < 4.78 is 0. The summed E-state index contributed by atoms with van der Waals surface area (Å²) in [6.45, 7) is 4.06. The van der Waals surface area contributed by atoms with Gasteiger partial charge in [-0.2, -0.15) is 0 Å². The van der Waals surface area contributed by atoms with Gasteiger partial charge in [0.1, 0.15) is 6.04 Å². The minimum absolute atomic E-state index is 0.0272. The van der Waals surface area contributed by atoms with Gasteiger partial charge >= 0.3 is 0 Å². The van der Waals surface area contributed by atoms with E-state index >= 15 is 0 Å². The van der Waals surface area contributed by atoms with Gasteiger partial charge in [0.2, 0.25) is 5.91 Å². The fraction of sp³-hybridized carbons (Fsp3) is 0.240. The fourth-order valence-corrected chi connectivity index (χ4v) is 4.89. The molecule has 0 aliphatic carbocycles. The van der Waals surface area contributed by atoms with Gasteiger partial charge < -0.3 is 5.32 Å². The zero-order valence-electron chi connectivity index (χ0n) is 16.8. The Balaban J connectivity index is 1.63. The predicted octanol–water partition coefficient (Wildman–Crippen LogP) is 5.81. The van der Waals surface area contributed by atoms with Crippen LogP contribution in [0.4, 0.5) is 5.69 Å². The predicted molar refractivity (Wildman–Crippen MR) is 121 cm³/mol. The highest BCUT2D eigenvalue weighted by molar-refractivity contribution is 7.99. The van der Waals surface area contributed by atoms with Crippen molar-refractivity contribution in [2.24, 2.45) is 0 Å². The molecule has 0 saturated heterocycles. The molecule has 2 N–H and O–H groups in total. The van der Waals surface area contributed by atoms with Gasteiger partial charge in [0.15, 0.2) is 0 Å². The molecule has 0 spiro atoms. The number of rotatable bonds is 5. The number of nitrogens with one attached hydrogen (secondary N) is 2. The molecular weight excluding hydrogens is 376 g/mol. The number of aryl methyl sites for hydroxylation is 2. The normalized spacial score (nSPS) is 16.7. The van der Waals surface area contributed by atoms with Crippen LogP contribution >= 0.6 is 11.8 Å². The maximum atomic E-state index is 13.4. The number of carbonyl (C=O) groups is 1. The van der Waals surface area contributed by atoms with Crippen LogP contribution in [0.2, 0.25) is 0 Å². The molecule has 3 nitrogen and oxygen atoms in total. The second-order valence-corrected chi connectivity index (χ2v) is 8.68. The molecule has 0 fully saturated rings. The van der Waals surface area contributed by atoms with E-state index in [0.29, 0.717) is 0 Å². The molecule has 1 aliphatic heterocycles. The Morgan fingerprint density at radius 3 is 2.59 bits per heavy atom. The molecular formula is C25H26N2OS. The van der Waals surface area contributed by atoms with Crippen molar-refractivity contribution in [3.63, 3.8) is 0 Å². The lowest BCUT2D eigenvalue weighted by atomic mass is 9.99. The molecule has 0 unspecified atom stereocenters. The maximum Gasteiger partial charge on any atom is 0.246 e. The molecule has 29 heavy (non-hydrogen) atoms. The van der Waals surface area contributed by atoms with Crippen LogP contribution < -0.4 is 10.6 Å². The number of carbonyl (C=O) groups excluding carboxylic acids is 1. The minimum Gasteiger partial charge on any atom is -0.324 e. The summed E-state index contributed by atoms with van der Waals surface area (Å²) in [6.07, 6.45) is 1.00. The number of thioether (sulfide) groups is 1. The van der Waals surface area contributed by atoms with Crippen molar-refractivity contribution in [1.82, 2.24) is 5.32 Å². The number of fused-ring (bicyclic) bond motifs is 1. The Hall–Kier alpha value is -2.56. The molecule has 0 saturated carbocycles. The zero-order valence-corrected chi connectivity index (χ0v) is 17.6. The van der Waals surface area contributed by atoms with Gasteiger partial charge in [-0.3, -0.25) is 10.1 Å². The number of hydrogen-bond acceptors (Lipinski definition) is 3. The van der Waals surface area contributed by atoms with E-state index < -0.39 is 6.04 Å². The van der Waals surface area contributed by atoms with Crippen molar-refractivity contribution < 1.29 is 4.79 Å².